The number of nitrogens with one attached hydrogen (secondary N) is 1. The Morgan fingerprint density at radius 1 is 1.19 bits per heavy atom. The van der Waals surface area contributed by atoms with Crippen molar-refractivity contribution in [3.8, 4) is 0 Å². The molecule has 5 rings (SSSR count). The number of aromatic nitrogens is 2. The largest absolute Gasteiger partial charge is 0.379 e. The fraction of sp³-hybridized carbons (Fsp3) is 0.870. The SMILES string of the molecule is CCN1CC[C@@H]2C[C@@H](N3CCOCC3)CC[C@@]2(C(=O)NCc2noc(C3CCC3)n2)C1. The predicted molar refractivity (Wildman–Crippen MR) is 115 cm³/mol. The summed E-state index contributed by atoms with van der Waals surface area (Å²) in [4.78, 5) is 23.2. The molecule has 172 valence electrons. The van der Waals surface area contributed by atoms with Gasteiger partial charge in [-0.05, 0) is 57.5 Å². The van der Waals surface area contributed by atoms with Crippen LogP contribution < -0.4 is 5.32 Å². The normalized spacial score (nSPS) is 32.9. The number of nitrogens with zero attached hydrogens (tertiary/aromatic N) is 4. The van der Waals surface area contributed by atoms with E-state index in [1.54, 1.807) is 0 Å². The highest BCUT2D eigenvalue weighted by Crippen LogP contribution is 2.48. The van der Waals surface area contributed by atoms with Crippen LogP contribution in [0.25, 0.3) is 0 Å². The number of rotatable bonds is 6. The van der Waals surface area contributed by atoms with E-state index in [0.29, 0.717) is 30.2 Å². The zero-order valence-electron chi connectivity index (χ0n) is 18.9. The minimum Gasteiger partial charge on any atom is -0.379 e. The van der Waals surface area contributed by atoms with Gasteiger partial charge in [-0.3, -0.25) is 9.69 Å². The second-order valence-corrected chi connectivity index (χ2v) is 9.95. The average molecular weight is 432 g/mol. The van der Waals surface area contributed by atoms with Crippen molar-refractivity contribution in [2.75, 3.05) is 45.9 Å². The van der Waals surface area contributed by atoms with E-state index in [4.69, 9.17) is 9.26 Å². The monoisotopic (exact) mass is 431 g/mol. The number of amides is 1. The van der Waals surface area contributed by atoms with E-state index in [1.807, 2.05) is 0 Å². The molecule has 0 spiro atoms. The standard InChI is InChI=1S/C23H37N5O3/c1-2-27-9-7-18-14-19(28-10-12-30-13-11-28)6-8-23(18,16-27)22(29)24-15-20-25-21(31-26-20)17-4-3-5-17/h17-19H,2-16H2,1H3,(H,24,29)/t18-,19+,23-/m1/s1. The molecule has 8 heteroatoms. The van der Waals surface area contributed by atoms with Gasteiger partial charge in [0.05, 0.1) is 25.2 Å². The first-order valence-corrected chi connectivity index (χ1v) is 12.3. The molecular formula is C23H37N5O3. The van der Waals surface area contributed by atoms with Crippen molar-refractivity contribution in [3.05, 3.63) is 11.7 Å². The highest BCUT2D eigenvalue weighted by Gasteiger charge is 2.52. The average Bonchev–Trinajstić information content (AvgIpc) is 3.24. The first-order valence-electron chi connectivity index (χ1n) is 12.3. The molecule has 0 aromatic carbocycles. The van der Waals surface area contributed by atoms with Gasteiger partial charge in [-0.1, -0.05) is 18.5 Å². The van der Waals surface area contributed by atoms with Crippen molar-refractivity contribution < 1.29 is 14.1 Å². The molecule has 8 nitrogen and oxygen atoms in total. The molecule has 4 fully saturated rings. The summed E-state index contributed by atoms with van der Waals surface area (Å²) in [6, 6.07) is 0.588. The van der Waals surface area contributed by atoms with Crippen LogP contribution in [-0.2, 0) is 16.1 Å². The zero-order chi connectivity index (χ0) is 21.3. The summed E-state index contributed by atoms with van der Waals surface area (Å²) >= 11 is 0. The van der Waals surface area contributed by atoms with Gasteiger partial charge in [-0.25, -0.2) is 0 Å². The van der Waals surface area contributed by atoms with Gasteiger partial charge in [0.2, 0.25) is 11.8 Å². The van der Waals surface area contributed by atoms with Crippen LogP contribution in [0.4, 0.5) is 0 Å². The number of fused-ring (bicyclic) bond motifs is 1. The Kier molecular flexibility index (Phi) is 6.30. The third-order valence-electron chi connectivity index (χ3n) is 8.37. The highest BCUT2D eigenvalue weighted by molar-refractivity contribution is 5.83. The Labute approximate surface area is 185 Å². The lowest BCUT2D eigenvalue weighted by atomic mass is 9.61. The Morgan fingerprint density at radius 3 is 2.77 bits per heavy atom. The molecule has 2 saturated carbocycles. The lowest BCUT2D eigenvalue weighted by Gasteiger charge is -2.53. The molecular weight excluding hydrogens is 394 g/mol. The summed E-state index contributed by atoms with van der Waals surface area (Å²) in [6.45, 7) is 9.27. The molecule has 1 N–H and O–H groups in total. The van der Waals surface area contributed by atoms with E-state index in [0.717, 1.165) is 90.4 Å². The van der Waals surface area contributed by atoms with Crippen LogP contribution in [0, 0.1) is 11.3 Å². The third kappa shape index (κ3) is 4.26. The fourth-order valence-corrected chi connectivity index (χ4v) is 6.13. The molecule has 1 aromatic heterocycles. The number of likely N-dealkylation sites (tertiary alicyclic amines) is 1. The molecule has 3 atom stereocenters. The maximum absolute atomic E-state index is 13.6. The number of piperidine rings is 1. The van der Waals surface area contributed by atoms with E-state index < -0.39 is 0 Å². The number of carbonyl (C=O) groups is 1. The lowest BCUT2D eigenvalue weighted by molar-refractivity contribution is -0.145. The summed E-state index contributed by atoms with van der Waals surface area (Å²) in [6.07, 6.45) is 7.79. The molecule has 2 saturated heterocycles. The van der Waals surface area contributed by atoms with E-state index >= 15 is 0 Å². The minimum absolute atomic E-state index is 0.186. The Hall–Kier alpha value is -1.51. The maximum Gasteiger partial charge on any atom is 0.229 e. The summed E-state index contributed by atoms with van der Waals surface area (Å²) < 4.78 is 11.0. The molecule has 0 radical (unpaired) electrons. The van der Waals surface area contributed by atoms with Gasteiger partial charge < -0.3 is 19.5 Å². The number of morpholine rings is 1. The number of hydrogen-bond donors (Lipinski definition) is 1. The molecule has 3 heterocycles. The fourth-order valence-electron chi connectivity index (χ4n) is 6.13. The number of ether oxygens (including phenoxy) is 1. The smallest absolute Gasteiger partial charge is 0.229 e. The molecule has 31 heavy (non-hydrogen) atoms. The van der Waals surface area contributed by atoms with Crippen molar-refractivity contribution in [1.29, 1.82) is 0 Å². The van der Waals surface area contributed by atoms with Crippen LogP contribution in [0.5, 0.6) is 0 Å². The zero-order valence-corrected chi connectivity index (χ0v) is 18.9. The first kappa shape index (κ1) is 21.3. The van der Waals surface area contributed by atoms with Gasteiger partial charge in [-0.15, -0.1) is 0 Å². The van der Waals surface area contributed by atoms with Crippen LogP contribution in [0.3, 0.4) is 0 Å². The quantitative estimate of drug-likeness (QED) is 0.739. The molecule has 0 unspecified atom stereocenters. The summed E-state index contributed by atoms with van der Waals surface area (Å²) in [5, 5.41) is 7.31. The van der Waals surface area contributed by atoms with Crippen LogP contribution >= 0.6 is 0 Å². The van der Waals surface area contributed by atoms with Crippen LogP contribution in [0.1, 0.15) is 69.5 Å². The molecule has 2 aliphatic heterocycles. The van der Waals surface area contributed by atoms with Gasteiger partial charge >= 0.3 is 0 Å². The number of carbonyl (C=O) groups excluding carboxylic acids is 1. The summed E-state index contributed by atoms with van der Waals surface area (Å²) in [7, 11) is 0. The second-order valence-electron chi connectivity index (χ2n) is 9.95. The van der Waals surface area contributed by atoms with Gasteiger partial charge in [0, 0.05) is 31.6 Å². The van der Waals surface area contributed by atoms with Crippen molar-refractivity contribution in [3.63, 3.8) is 0 Å². The molecule has 4 aliphatic rings. The van der Waals surface area contributed by atoms with Crippen LogP contribution in [-0.4, -0.2) is 77.8 Å². The Morgan fingerprint density at radius 2 is 2.03 bits per heavy atom. The number of hydrogen-bond acceptors (Lipinski definition) is 7. The minimum atomic E-state index is -0.294. The van der Waals surface area contributed by atoms with Crippen molar-refractivity contribution in [2.24, 2.45) is 11.3 Å². The van der Waals surface area contributed by atoms with Crippen molar-refractivity contribution in [2.45, 2.75) is 70.4 Å². The predicted octanol–water partition coefficient (Wildman–Crippen LogP) is 2.17. The molecule has 0 bridgehead atoms. The van der Waals surface area contributed by atoms with Crippen LogP contribution in [0.15, 0.2) is 4.52 Å². The van der Waals surface area contributed by atoms with Crippen molar-refractivity contribution >= 4 is 5.91 Å². The summed E-state index contributed by atoms with van der Waals surface area (Å²) in [5.74, 6) is 2.39. The molecule has 1 amide bonds. The third-order valence-corrected chi connectivity index (χ3v) is 8.37. The van der Waals surface area contributed by atoms with Crippen LogP contribution in [0.2, 0.25) is 0 Å². The topological polar surface area (TPSA) is 83.7 Å². The second kappa shape index (κ2) is 9.16. The first-order chi connectivity index (χ1) is 15.2. The van der Waals surface area contributed by atoms with E-state index in [2.05, 4.69) is 32.2 Å². The van der Waals surface area contributed by atoms with E-state index in [1.165, 1.54) is 6.42 Å². The van der Waals surface area contributed by atoms with Gasteiger partial charge in [0.25, 0.3) is 0 Å². The van der Waals surface area contributed by atoms with Gasteiger partial charge in [-0.2, -0.15) is 4.98 Å². The van der Waals surface area contributed by atoms with Gasteiger partial charge in [0.1, 0.15) is 0 Å². The maximum atomic E-state index is 13.6. The lowest BCUT2D eigenvalue weighted by Crippen LogP contribution is -2.60. The molecule has 1 aromatic rings. The van der Waals surface area contributed by atoms with Crippen molar-refractivity contribution in [1.82, 2.24) is 25.3 Å². The Balaban J connectivity index is 1.25. The highest BCUT2D eigenvalue weighted by atomic mass is 16.5. The summed E-state index contributed by atoms with van der Waals surface area (Å²) in [5.41, 5.74) is -0.294. The molecule has 2 aliphatic carbocycles. The van der Waals surface area contributed by atoms with E-state index in [-0.39, 0.29) is 11.3 Å². The van der Waals surface area contributed by atoms with Gasteiger partial charge in [0.15, 0.2) is 5.82 Å². The Bertz CT molecular complexity index is 760. The van der Waals surface area contributed by atoms with E-state index in [9.17, 15) is 4.79 Å².